The first-order valence-electron chi connectivity index (χ1n) is 4.76. The predicted molar refractivity (Wildman–Crippen MR) is 56.4 cm³/mol. The fourth-order valence-electron chi connectivity index (χ4n) is 1.62. The van der Waals surface area contributed by atoms with Gasteiger partial charge in [-0.1, -0.05) is 13.2 Å². The molecule has 0 spiro atoms. The Labute approximate surface area is 84.7 Å². The zero-order chi connectivity index (χ0) is 10.6. The van der Waals surface area contributed by atoms with E-state index in [-0.39, 0.29) is 11.5 Å². The molecule has 1 aliphatic rings. The van der Waals surface area contributed by atoms with Crippen LogP contribution in [0.5, 0.6) is 0 Å². The highest BCUT2D eigenvalue weighted by molar-refractivity contribution is 4.89. The third-order valence-corrected chi connectivity index (χ3v) is 2.28. The van der Waals surface area contributed by atoms with Gasteiger partial charge in [-0.05, 0) is 0 Å². The first-order chi connectivity index (χ1) is 6.58. The summed E-state index contributed by atoms with van der Waals surface area (Å²) in [6, 6.07) is 0. The lowest BCUT2D eigenvalue weighted by molar-refractivity contribution is 0.128. The molecule has 0 radical (unpaired) electrons. The Morgan fingerprint density at radius 1 is 0.857 bits per heavy atom. The van der Waals surface area contributed by atoms with Gasteiger partial charge in [-0.15, -0.1) is 0 Å². The molecule has 4 nitrogen and oxygen atoms in total. The fraction of sp³-hybridized carbons (Fsp3) is 0.600. The minimum atomic E-state index is 0.213. The van der Waals surface area contributed by atoms with E-state index in [1.165, 1.54) is 0 Å². The van der Waals surface area contributed by atoms with Gasteiger partial charge in [0.1, 0.15) is 0 Å². The molecule has 0 amide bonds. The van der Waals surface area contributed by atoms with E-state index < -0.39 is 0 Å². The summed E-state index contributed by atoms with van der Waals surface area (Å²) in [7, 11) is 0. The fourth-order valence-corrected chi connectivity index (χ4v) is 1.62. The van der Waals surface area contributed by atoms with Crippen LogP contribution in [0, 0.1) is 0 Å². The highest BCUT2D eigenvalue weighted by atomic mass is 16.3. The van der Waals surface area contributed by atoms with Crippen molar-refractivity contribution in [2.75, 3.05) is 39.3 Å². The molecule has 0 aliphatic carbocycles. The molecule has 1 aliphatic heterocycles. The maximum absolute atomic E-state index is 9.01. The number of hydrogen-bond acceptors (Lipinski definition) is 4. The predicted octanol–water partition coefficient (Wildman–Crippen LogP) is 0.747. The molecule has 2 N–H and O–H groups in total. The Balaban J connectivity index is 2.24. The van der Waals surface area contributed by atoms with E-state index in [4.69, 9.17) is 10.2 Å². The van der Waals surface area contributed by atoms with E-state index in [1.54, 1.807) is 0 Å². The van der Waals surface area contributed by atoms with E-state index in [1.807, 2.05) is 0 Å². The largest absolute Gasteiger partial charge is 0.512 e. The number of nitrogens with zero attached hydrogens (tertiary/aromatic N) is 2. The summed E-state index contributed by atoms with van der Waals surface area (Å²) in [6.45, 7) is 11.6. The second-order valence-corrected chi connectivity index (χ2v) is 3.68. The van der Waals surface area contributed by atoms with Gasteiger partial charge >= 0.3 is 0 Å². The average molecular weight is 198 g/mol. The number of aliphatic hydroxyl groups excluding tert-OH is 2. The second kappa shape index (κ2) is 5.02. The lowest BCUT2D eigenvalue weighted by Gasteiger charge is -2.33. The molecule has 1 fully saturated rings. The third kappa shape index (κ3) is 3.81. The Kier molecular flexibility index (Phi) is 3.98. The van der Waals surface area contributed by atoms with Crippen LogP contribution in [0.4, 0.5) is 0 Å². The van der Waals surface area contributed by atoms with Crippen molar-refractivity contribution in [2.45, 2.75) is 0 Å². The van der Waals surface area contributed by atoms with Crippen LogP contribution in [0.3, 0.4) is 0 Å². The lowest BCUT2D eigenvalue weighted by atomic mass is 10.3. The molecule has 1 saturated heterocycles. The zero-order valence-corrected chi connectivity index (χ0v) is 8.45. The normalized spacial score (nSPS) is 19.4. The van der Waals surface area contributed by atoms with Gasteiger partial charge in [0.2, 0.25) is 0 Å². The van der Waals surface area contributed by atoms with Crippen LogP contribution in [0.1, 0.15) is 0 Å². The van der Waals surface area contributed by atoms with Crippen molar-refractivity contribution >= 4 is 0 Å². The molecule has 0 saturated carbocycles. The third-order valence-electron chi connectivity index (χ3n) is 2.28. The first kappa shape index (κ1) is 11.1. The molecule has 0 bridgehead atoms. The molecule has 80 valence electrons. The summed E-state index contributed by atoms with van der Waals surface area (Å²) >= 11 is 0. The highest BCUT2D eigenvalue weighted by Crippen LogP contribution is 2.04. The molecule has 0 atom stereocenters. The van der Waals surface area contributed by atoms with E-state index in [0.717, 1.165) is 26.2 Å². The van der Waals surface area contributed by atoms with Gasteiger partial charge in [-0.2, -0.15) is 0 Å². The number of aliphatic hydroxyl groups is 2. The quantitative estimate of drug-likeness (QED) is 0.654. The van der Waals surface area contributed by atoms with Crippen molar-refractivity contribution < 1.29 is 10.2 Å². The summed E-state index contributed by atoms with van der Waals surface area (Å²) in [5.74, 6) is 0.426. The van der Waals surface area contributed by atoms with E-state index in [0.29, 0.717) is 13.1 Å². The van der Waals surface area contributed by atoms with Crippen LogP contribution < -0.4 is 0 Å². The summed E-state index contributed by atoms with van der Waals surface area (Å²) < 4.78 is 0. The minimum Gasteiger partial charge on any atom is -0.512 e. The van der Waals surface area contributed by atoms with Gasteiger partial charge in [0, 0.05) is 26.2 Å². The van der Waals surface area contributed by atoms with Gasteiger partial charge in [0.15, 0.2) is 0 Å². The Bertz CT molecular complexity index is 196. The van der Waals surface area contributed by atoms with E-state index in [9.17, 15) is 0 Å². The average Bonchev–Trinajstić information content (AvgIpc) is 2.06. The molecule has 1 rings (SSSR count). The molecular weight excluding hydrogens is 180 g/mol. The van der Waals surface area contributed by atoms with Gasteiger partial charge in [-0.25, -0.2) is 0 Å². The summed E-state index contributed by atoms with van der Waals surface area (Å²) in [6.07, 6.45) is 0. The van der Waals surface area contributed by atoms with Crippen molar-refractivity contribution in [3.63, 3.8) is 0 Å². The van der Waals surface area contributed by atoms with E-state index >= 15 is 0 Å². The van der Waals surface area contributed by atoms with Gasteiger partial charge in [0.05, 0.1) is 24.6 Å². The van der Waals surface area contributed by atoms with Crippen LogP contribution in [-0.4, -0.2) is 59.3 Å². The van der Waals surface area contributed by atoms with Crippen LogP contribution in [0.15, 0.2) is 24.7 Å². The highest BCUT2D eigenvalue weighted by Gasteiger charge is 2.17. The van der Waals surface area contributed by atoms with Crippen LogP contribution in [-0.2, 0) is 0 Å². The number of hydrogen-bond donors (Lipinski definition) is 2. The van der Waals surface area contributed by atoms with Crippen LogP contribution >= 0.6 is 0 Å². The zero-order valence-electron chi connectivity index (χ0n) is 8.45. The molecule has 14 heavy (non-hydrogen) atoms. The monoisotopic (exact) mass is 198 g/mol. The molecule has 1 heterocycles. The SMILES string of the molecule is C=C(O)CN1CCN(CC(=C)O)CC1. The van der Waals surface area contributed by atoms with Crippen LogP contribution in [0.25, 0.3) is 0 Å². The second-order valence-electron chi connectivity index (χ2n) is 3.68. The van der Waals surface area contributed by atoms with Crippen molar-refractivity contribution in [1.82, 2.24) is 9.80 Å². The topological polar surface area (TPSA) is 46.9 Å². The smallest absolute Gasteiger partial charge is 0.0991 e. The molecular formula is C10H18N2O2. The molecule has 0 unspecified atom stereocenters. The number of rotatable bonds is 4. The van der Waals surface area contributed by atoms with Crippen molar-refractivity contribution in [3.8, 4) is 0 Å². The standard InChI is InChI=1S/C10H18N2O2/c1-9(13)7-11-3-5-12(6-4-11)8-10(2)14/h13-14H,1-8H2. The van der Waals surface area contributed by atoms with Crippen molar-refractivity contribution in [2.24, 2.45) is 0 Å². The number of piperazine rings is 1. The Morgan fingerprint density at radius 3 is 1.36 bits per heavy atom. The molecule has 0 aromatic carbocycles. The van der Waals surface area contributed by atoms with Crippen LogP contribution in [0.2, 0.25) is 0 Å². The van der Waals surface area contributed by atoms with Crippen molar-refractivity contribution in [1.29, 1.82) is 0 Å². The Hall–Kier alpha value is -1.00. The maximum Gasteiger partial charge on any atom is 0.0991 e. The van der Waals surface area contributed by atoms with E-state index in [2.05, 4.69) is 23.0 Å². The summed E-state index contributed by atoms with van der Waals surface area (Å²) in [4.78, 5) is 4.28. The molecule has 0 aromatic rings. The van der Waals surface area contributed by atoms with Gasteiger partial charge in [-0.3, -0.25) is 9.80 Å². The summed E-state index contributed by atoms with van der Waals surface area (Å²) in [5.41, 5.74) is 0. The lowest BCUT2D eigenvalue weighted by Crippen LogP contribution is -2.47. The van der Waals surface area contributed by atoms with Gasteiger partial charge in [0.25, 0.3) is 0 Å². The summed E-state index contributed by atoms with van der Waals surface area (Å²) in [5, 5.41) is 18.0. The molecule has 0 aromatic heterocycles. The maximum atomic E-state index is 9.01. The molecule has 4 heteroatoms. The van der Waals surface area contributed by atoms with Crippen molar-refractivity contribution in [3.05, 3.63) is 24.7 Å². The van der Waals surface area contributed by atoms with Gasteiger partial charge < -0.3 is 10.2 Å². The minimum absolute atomic E-state index is 0.213. The first-order valence-corrected chi connectivity index (χ1v) is 4.76. The Morgan fingerprint density at radius 2 is 1.14 bits per heavy atom.